The highest BCUT2D eigenvalue weighted by Crippen LogP contribution is 2.22. The third kappa shape index (κ3) is 2.33. The summed E-state index contributed by atoms with van der Waals surface area (Å²) < 4.78 is 35.6. The van der Waals surface area contributed by atoms with Crippen LogP contribution in [-0.4, -0.2) is 41.3 Å². The van der Waals surface area contributed by atoms with Crippen LogP contribution in [0.5, 0.6) is 0 Å². The normalized spacial score (nSPS) is 20.5. The minimum absolute atomic E-state index is 0.311. The highest BCUT2D eigenvalue weighted by molar-refractivity contribution is 5.81. The van der Waals surface area contributed by atoms with Gasteiger partial charge in [0.2, 0.25) is 6.10 Å². The zero-order chi connectivity index (χ0) is 10.1. The van der Waals surface area contributed by atoms with Crippen LogP contribution in [0.25, 0.3) is 0 Å². The summed E-state index contributed by atoms with van der Waals surface area (Å²) in [5.41, 5.74) is 0. The third-order valence-electron chi connectivity index (χ3n) is 1.96. The van der Waals surface area contributed by atoms with Crippen molar-refractivity contribution in [2.24, 2.45) is 0 Å². The maximum atomic E-state index is 11.9. The van der Waals surface area contributed by atoms with Gasteiger partial charge in [0.1, 0.15) is 0 Å². The zero-order valence-corrected chi connectivity index (χ0v) is 6.84. The van der Waals surface area contributed by atoms with Crippen LogP contribution in [0.3, 0.4) is 0 Å². The first kappa shape index (κ1) is 10.3. The Balaban J connectivity index is 2.56. The van der Waals surface area contributed by atoms with E-state index in [9.17, 15) is 18.0 Å². The summed E-state index contributed by atoms with van der Waals surface area (Å²) in [5, 5.41) is 8.60. The molecule has 13 heavy (non-hydrogen) atoms. The second-order valence-corrected chi connectivity index (χ2v) is 2.98. The van der Waals surface area contributed by atoms with Gasteiger partial charge in [-0.05, 0) is 12.8 Å². The van der Waals surface area contributed by atoms with Crippen molar-refractivity contribution in [3.63, 3.8) is 0 Å². The molecule has 1 saturated heterocycles. The number of hydrogen-bond acceptors (Lipinski definition) is 2. The predicted octanol–water partition coefficient (Wildman–Crippen LogP) is 0.532. The van der Waals surface area contributed by atoms with Crippen LogP contribution in [0.1, 0.15) is 12.8 Å². The molecule has 0 saturated carbocycles. The number of amides is 1. The number of hydrogen-bond donors (Lipinski definition) is 1. The molecule has 0 bridgehead atoms. The summed E-state index contributed by atoms with van der Waals surface area (Å²) in [4.78, 5) is 12.0. The number of alkyl halides is 3. The van der Waals surface area contributed by atoms with Gasteiger partial charge in [-0.2, -0.15) is 13.2 Å². The molecule has 0 radical (unpaired) electrons. The van der Waals surface area contributed by atoms with E-state index in [2.05, 4.69) is 0 Å². The Kier molecular flexibility index (Phi) is 2.80. The minimum atomic E-state index is -4.85. The Morgan fingerprint density at radius 1 is 1.31 bits per heavy atom. The molecule has 1 aliphatic heterocycles. The molecule has 1 aliphatic rings. The fourth-order valence-corrected chi connectivity index (χ4v) is 1.25. The summed E-state index contributed by atoms with van der Waals surface area (Å²) in [7, 11) is 0. The highest BCUT2D eigenvalue weighted by Gasteiger charge is 2.45. The van der Waals surface area contributed by atoms with Crippen molar-refractivity contribution in [1.29, 1.82) is 0 Å². The molecule has 1 atom stereocenters. The fourth-order valence-electron chi connectivity index (χ4n) is 1.25. The lowest BCUT2D eigenvalue weighted by atomic mass is 10.3. The van der Waals surface area contributed by atoms with Gasteiger partial charge < -0.3 is 10.0 Å². The molecule has 0 aliphatic carbocycles. The van der Waals surface area contributed by atoms with Gasteiger partial charge in [-0.1, -0.05) is 0 Å². The van der Waals surface area contributed by atoms with Gasteiger partial charge in [-0.25, -0.2) is 0 Å². The lowest BCUT2D eigenvalue weighted by Gasteiger charge is -2.20. The smallest absolute Gasteiger partial charge is 0.376 e. The van der Waals surface area contributed by atoms with E-state index >= 15 is 0 Å². The van der Waals surface area contributed by atoms with Crippen LogP contribution in [0.15, 0.2) is 0 Å². The van der Waals surface area contributed by atoms with E-state index < -0.39 is 18.2 Å². The molecule has 3 nitrogen and oxygen atoms in total. The van der Waals surface area contributed by atoms with Crippen LogP contribution >= 0.6 is 0 Å². The highest BCUT2D eigenvalue weighted by atomic mass is 19.4. The standard InChI is InChI=1S/C7H10F3NO2/c8-7(9,10)5(12)6(13)11-3-1-2-4-11/h5,12H,1-4H2/t5-/m1/s1. The van der Waals surface area contributed by atoms with Crippen molar-refractivity contribution in [2.75, 3.05) is 13.1 Å². The molecule has 0 aromatic heterocycles. The lowest BCUT2D eigenvalue weighted by molar-refractivity contribution is -0.210. The van der Waals surface area contributed by atoms with Crippen molar-refractivity contribution in [1.82, 2.24) is 4.90 Å². The van der Waals surface area contributed by atoms with Crippen molar-refractivity contribution in [2.45, 2.75) is 25.1 Å². The Morgan fingerprint density at radius 2 is 1.77 bits per heavy atom. The molecular weight excluding hydrogens is 187 g/mol. The molecule has 0 aromatic carbocycles. The van der Waals surface area contributed by atoms with E-state index in [1.165, 1.54) is 0 Å². The van der Waals surface area contributed by atoms with Gasteiger partial charge in [0, 0.05) is 13.1 Å². The Bertz CT molecular complexity index is 198. The average molecular weight is 197 g/mol. The quantitative estimate of drug-likeness (QED) is 0.666. The Labute approximate surface area is 73.1 Å². The van der Waals surface area contributed by atoms with Crippen LogP contribution in [0.4, 0.5) is 13.2 Å². The zero-order valence-electron chi connectivity index (χ0n) is 6.84. The molecule has 1 amide bonds. The topological polar surface area (TPSA) is 40.5 Å². The molecule has 1 fully saturated rings. The first-order valence-corrected chi connectivity index (χ1v) is 3.96. The summed E-state index contributed by atoms with van der Waals surface area (Å²) in [6.45, 7) is 0.623. The number of aliphatic hydroxyl groups excluding tert-OH is 1. The second kappa shape index (κ2) is 3.53. The Morgan fingerprint density at radius 3 is 2.15 bits per heavy atom. The fraction of sp³-hybridized carbons (Fsp3) is 0.857. The molecule has 6 heteroatoms. The van der Waals surface area contributed by atoms with Gasteiger partial charge in [0.25, 0.3) is 5.91 Å². The van der Waals surface area contributed by atoms with Gasteiger partial charge in [0.05, 0.1) is 0 Å². The number of carbonyl (C=O) groups excluding carboxylic acids is 1. The van der Waals surface area contributed by atoms with Gasteiger partial charge in [-0.3, -0.25) is 4.79 Å². The van der Waals surface area contributed by atoms with E-state index in [1.54, 1.807) is 0 Å². The number of carbonyl (C=O) groups is 1. The van der Waals surface area contributed by atoms with E-state index in [-0.39, 0.29) is 0 Å². The third-order valence-corrected chi connectivity index (χ3v) is 1.96. The average Bonchev–Trinajstić information content (AvgIpc) is 2.51. The maximum absolute atomic E-state index is 11.9. The van der Waals surface area contributed by atoms with Crippen molar-refractivity contribution in [3.05, 3.63) is 0 Å². The molecule has 76 valence electrons. The molecule has 1 N–H and O–H groups in total. The first-order chi connectivity index (χ1) is 5.93. The summed E-state index contributed by atoms with van der Waals surface area (Å²) in [6, 6.07) is 0. The number of aliphatic hydroxyl groups is 1. The largest absolute Gasteiger partial charge is 0.423 e. The van der Waals surface area contributed by atoms with Crippen LogP contribution in [0, 0.1) is 0 Å². The maximum Gasteiger partial charge on any atom is 0.423 e. The van der Waals surface area contributed by atoms with E-state index in [4.69, 9.17) is 5.11 Å². The van der Waals surface area contributed by atoms with Gasteiger partial charge in [-0.15, -0.1) is 0 Å². The van der Waals surface area contributed by atoms with Crippen molar-refractivity contribution < 1.29 is 23.1 Å². The van der Waals surface area contributed by atoms with Crippen LogP contribution in [0.2, 0.25) is 0 Å². The predicted molar refractivity (Wildman–Crippen MR) is 37.9 cm³/mol. The number of halogens is 3. The minimum Gasteiger partial charge on any atom is -0.376 e. The van der Waals surface area contributed by atoms with Gasteiger partial charge in [0.15, 0.2) is 0 Å². The SMILES string of the molecule is O=C([C@@H](O)C(F)(F)F)N1CCCC1. The summed E-state index contributed by atoms with van der Waals surface area (Å²) in [5.74, 6) is -1.23. The van der Waals surface area contributed by atoms with Crippen LogP contribution < -0.4 is 0 Å². The van der Waals surface area contributed by atoms with Crippen molar-refractivity contribution >= 4 is 5.91 Å². The van der Waals surface area contributed by atoms with Crippen LogP contribution in [-0.2, 0) is 4.79 Å². The molecule has 1 rings (SSSR count). The van der Waals surface area contributed by atoms with E-state index in [0.717, 1.165) is 4.90 Å². The van der Waals surface area contributed by atoms with Gasteiger partial charge >= 0.3 is 6.18 Å². The van der Waals surface area contributed by atoms with Crippen molar-refractivity contribution in [3.8, 4) is 0 Å². The number of rotatable bonds is 1. The summed E-state index contributed by atoms with van der Waals surface area (Å²) in [6.07, 6.45) is -6.29. The number of likely N-dealkylation sites (tertiary alicyclic amines) is 1. The monoisotopic (exact) mass is 197 g/mol. The second-order valence-electron chi connectivity index (χ2n) is 2.98. The molecule has 1 heterocycles. The lowest BCUT2D eigenvalue weighted by Crippen LogP contribution is -2.45. The molecule has 0 spiro atoms. The van der Waals surface area contributed by atoms with E-state index in [1.807, 2.05) is 0 Å². The molecular formula is C7H10F3NO2. The Hall–Kier alpha value is -0.780. The van der Waals surface area contributed by atoms with E-state index in [0.29, 0.717) is 25.9 Å². The first-order valence-electron chi connectivity index (χ1n) is 3.96. The number of nitrogens with zero attached hydrogens (tertiary/aromatic N) is 1. The summed E-state index contributed by atoms with van der Waals surface area (Å²) >= 11 is 0. The molecule has 0 aromatic rings. The molecule has 0 unspecified atom stereocenters.